The smallest absolute Gasteiger partial charge is 0.242 e. The lowest BCUT2D eigenvalue weighted by molar-refractivity contribution is -0.127. The molecule has 2 unspecified atom stereocenters. The number of hydrogen-bond donors (Lipinski definition) is 2. The van der Waals surface area contributed by atoms with Crippen LogP contribution in [0.3, 0.4) is 0 Å². The van der Waals surface area contributed by atoms with E-state index in [0.29, 0.717) is 6.54 Å². The van der Waals surface area contributed by atoms with Crippen molar-refractivity contribution < 1.29 is 14.3 Å². The van der Waals surface area contributed by atoms with Gasteiger partial charge in [0.25, 0.3) is 0 Å². The van der Waals surface area contributed by atoms with Gasteiger partial charge in [0.15, 0.2) is 0 Å². The molecule has 6 heteroatoms. The maximum absolute atomic E-state index is 12.2. The van der Waals surface area contributed by atoms with E-state index in [1.54, 1.807) is 14.0 Å². The van der Waals surface area contributed by atoms with Crippen LogP contribution in [0.15, 0.2) is 24.3 Å². The van der Waals surface area contributed by atoms with E-state index in [9.17, 15) is 9.59 Å². The van der Waals surface area contributed by atoms with Gasteiger partial charge in [-0.25, -0.2) is 0 Å². The van der Waals surface area contributed by atoms with E-state index in [4.69, 9.17) is 4.74 Å². The van der Waals surface area contributed by atoms with Crippen LogP contribution >= 0.6 is 0 Å². The van der Waals surface area contributed by atoms with Crippen LogP contribution in [0.1, 0.15) is 44.7 Å². The number of methoxy groups -OCH3 is 1. The largest absolute Gasteiger partial charge is 0.497 e. The van der Waals surface area contributed by atoms with Crippen LogP contribution in [0.5, 0.6) is 5.75 Å². The summed E-state index contributed by atoms with van der Waals surface area (Å²) in [4.78, 5) is 25.8. The Balaban J connectivity index is 2.05. The Hall–Kier alpha value is -2.08. The van der Waals surface area contributed by atoms with Crippen LogP contribution in [0.4, 0.5) is 0 Å². The Bertz CT molecular complexity index is 568. The van der Waals surface area contributed by atoms with Crippen molar-refractivity contribution in [2.75, 3.05) is 26.7 Å². The Morgan fingerprint density at radius 2 is 1.80 bits per heavy atom. The number of amides is 2. The number of carbonyl (C=O) groups excluding carboxylic acids is 2. The van der Waals surface area contributed by atoms with Gasteiger partial charge in [0.2, 0.25) is 11.8 Å². The third kappa shape index (κ3) is 5.74. The van der Waals surface area contributed by atoms with Crippen LogP contribution in [0.2, 0.25) is 0 Å². The molecule has 2 N–H and O–H groups in total. The number of piperidine rings is 1. The zero-order chi connectivity index (χ0) is 18.2. The van der Waals surface area contributed by atoms with E-state index in [0.717, 1.165) is 24.4 Å². The molecule has 0 aromatic heterocycles. The van der Waals surface area contributed by atoms with Gasteiger partial charge >= 0.3 is 0 Å². The number of ether oxygens (including phenoxy) is 1. The minimum absolute atomic E-state index is 0.125. The molecule has 0 aliphatic carbocycles. The Labute approximate surface area is 149 Å². The maximum Gasteiger partial charge on any atom is 0.242 e. The molecule has 0 saturated carbocycles. The molecule has 2 atom stereocenters. The summed E-state index contributed by atoms with van der Waals surface area (Å²) in [7, 11) is 1.65. The second-order valence-corrected chi connectivity index (χ2v) is 6.55. The molecule has 1 heterocycles. The molecule has 0 spiro atoms. The quantitative estimate of drug-likeness (QED) is 0.790. The van der Waals surface area contributed by atoms with Crippen LogP contribution in [-0.4, -0.2) is 49.5 Å². The van der Waals surface area contributed by atoms with E-state index >= 15 is 0 Å². The minimum Gasteiger partial charge on any atom is -0.497 e. The van der Waals surface area contributed by atoms with E-state index in [1.807, 2.05) is 12.1 Å². The van der Waals surface area contributed by atoms with Gasteiger partial charge < -0.3 is 15.4 Å². The van der Waals surface area contributed by atoms with E-state index in [1.165, 1.54) is 26.2 Å². The predicted octanol–water partition coefficient (Wildman–Crippen LogP) is 1.86. The Kier molecular flexibility index (Phi) is 7.25. The predicted molar refractivity (Wildman–Crippen MR) is 97.4 cm³/mol. The van der Waals surface area contributed by atoms with Gasteiger partial charge in [-0.05, 0) is 50.6 Å². The van der Waals surface area contributed by atoms with Crippen molar-refractivity contribution in [3.8, 4) is 5.75 Å². The van der Waals surface area contributed by atoms with Crippen LogP contribution in [0, 0.1) is 0 Å². The van der Waals surface area contributed by atoms with Gasteiger partial charge in [0, 0.05) is 13.5 Å². The molecule has 6 nitrogen and oxygen atoms in total. The van der Waals surface area contributed by atoms with Crippen LogP contribution < -0.4 is 15.4 Å². The van der Waals surface area contributed by atoms with Crippen molar-refractivity contribution in [2.45, 2.75) is 45.2 Å². The van der Waals surface area contributed by atoms with Gasteiger partial charge in [0.05, 0.1) is 13.2 Å². The molecule has 0 radical (unpaired) electrons. The molecule has 1 aliphatic rings. The lowest BCUT2D eigenvalue weighted by Crippen LogP contribution is -2.47. The second kappa shape index (κ2) is 9.42. The van der Waals surface area contributed by atoms with Crippen LogP contribution in [-0.2, 0) is 9.59 Å². The first-order valence-electron chi connectivity index (χ1n) is 8.94. The lowest BCUT2D eigenvalue weighted by Gasteiger charge is -2.35. The highest BCUT2D eigenvalue weighted by Gasteiger charge is 2.24. The summed E-state index contributed by atoms with van der Waals surface area (Å²) >= 11 is 0. The molecule has 1 aliphatic heterocycles. The van der Waals surface area contributed by atoms with Gasteiger partial charge in [-0.3, -0.25) is 14.5 Å². The van der Waals surface area contributed by atoms with Crippen molar-refractivity contribution in [2.24, 2.45) is 0 Å². The van der Waals surface area contributed by atoms with Crippen LogP contribution in [0.25, 0.3) is 0 Å². The molecule has 1 fully saturated rings. The molecule has 1 aromatic carbocycles. The van der Waals surface area contributed by atoms with Crippen molar-refractivity contribution in [3.63, 3.8) is 0 Å². The topological polar surface area (TPSA) is 70.7 Å². The fourth-order valence-electron chi connectivity index (χ4n) is 3.23. The Morgan fingerprint density at radius 3 is 2.36 bits per heavy atom. The Morgan fingerprint density at radius 1 is 1.16 bits per heavy atom. The summed E-state index contributed by atoms with van der Waals surface area (Å²) in [6.07, 6.45) is 3.63. The number of nitrogens with one attached hydrogen (secondary N) is 2. The normalized spacial score (nSPS) is 17.4. The molecule has 25 heavy (non-hydrogen) atoms. The maximum atomic E-state index is 12.2. The first kappa shape index (κ1) is 19.2. The lowest BCUT2D eigenvalue weighted by atomic mass is 10.0. The molecular weight excluding hydrogens is 318 g/mol. The number of hydrogen-bond acceptors (Lipinski definition) is 4. The molecule has 138 valence electrons. The second-order valence-electron chi connectivity index (χ2n) is 6.55. The highest BCUT2D eigenvalue weighted by atomic mass is 16.5. The molecule has 2 rings (SSSR count). The fraction of sp³-hybridized carbons (Fsp3) is 0.579. The van der Waals surface area contributed by atoms with Crippen molar-refractivity contribution in [3.05, 3.63) is 29.8 Å². The summed E-state index contributed by atoms with van der Waals surface area (Å²) in [6.45, 7) is 5.70. The van der Waals surface area contributed by atoms with Gasteiger partial charge in [-0.1, -0.05) is 18.6 Å². The fourth-order valence-corrected chi connectivity index (χ4v) is 3.23. The standard InChI is InChI=1S/C19H29N3O3/c1-14(21-15(2)23)19(24)20-13-18(22-11-5-4-6-12-22)16-7-9-17(25-3)10-8-16/h7-10,14,18H,4-6,11-13H2,1-3H3,(H,20,24)(H,21,23). The SMILES string of the molecule is COc1ccc(C(CNC(=O)C(C)NC(C)=O)N2CCCCC2)cc1. The molecule has 0 bridgehead atoms. The van der Waals surface area contributed by atoms with Crippen molar-refractivity contribution in [1.29, 1.82) is 0 Å². The highest BCUT2D eigenvalue weighted by molar-refractivity contribution is 5.86. The van der Waals surface area contributed by atoms with Gasteiger partial charge in [0.1, 0.15) is 11.8 Å². The van der Waals surface area contributed by atoms with E-state index in [2.05, 4.69) is 27.7 Å². The third-order valence-corrected chi connectivity index (χ3v) is 4.61. The third-order valence-electron chi connectivity index (χ3n) is 4.61. The number of nitrogens with zero attached hydrogens (tertiary/aromatic N) is 1. The molecule has 2 amide bonds. The summed E-state index contributed by atoms with van der Waals surface area (Å²) in [6, 6.07) is 7.61. The average molecular weight is 347 g/mol. The minimum atomic E-state index is -0.532. The molecular formula is C19H29N3O3. The number of rotatable bonds is 7. The zero-order valence-electron chi connectivity index (χ0n) is 15.4. The summed E-state index contributed by atoms with van der Waals surface area (Å²) in [5, 5.41) is 5.61. The average Bonchev–Trinajstić information content (AvgIpc) is 2.62. The van der Waals surface area contributed by atoms with Crippen molar-refractivity contribution >= 4 is 11.8 Å². The van der Waals surface area contributed by atoms with Gasteiger partial charge in [-0.2, -0.15) is 0 Å². The number of likely N-dealkylation sites (tertiary alicyclic amines) is 1. The summed E-state index contributed by atoms with van der Waals surface area (Å²) in [5.41, 5.74) is 1.16. The zero-order valence-corrected chi connectivity index (χ0v) is 15.4. The van der Waals surface area contributed by atoms with Gasteiger partial charge in [-0.15, -0.1) is 0 Å². The number of benzene rings is 1. The first-order valence-corrected chi connectivity index (χ1v) is 8.94. The van der Waals surface area contributed by atoms with E-state index in [-0.39, 0.29) is 17.9 Å². The first-order chi connectivity index (χ1) is 12.0. The highest BCUT2D eigenvalue weighted by Crippen LogP contribution is 2.25. The molecule has 1 saturated heterocycles. The van der Waals surface area contributed by atoms with E-state index < -0.39 is 6.04 Å². The summed E-state index contributed by atoms with van der Waals surface area (Å²) < 4.78 is 5.24. The monoisotopic (exact) mass is 347 g/mol. The van der Waals surface area contributed by atoms with Crippen molar-refractivity contribution in [1.82, 2.24) is 15.5 Å². The number of carbonyl (C=O) groups is 2. The summed E-state index contributed by atoms with van der Waals surface area (Å²) in [5.74, 6) is 0.459. The molecule has 1 aromatic rings.